The molecule has 7 nitrogen and oxygen atoms in total. The predicted octanol–water partition coefficient (Wildman–Crippen LogP) is -0.346. The van der Waals surface area contributed by atoms with Crippen molar-refractivity contribution in [3.8, 4) is 0 Å². The molecule has 1 aliphatic heterocycles. The van der Waals surface area contributed by atoms with E-state index in [9.17, 15) is 5.11 Å². The smallest absolute Gasteiger partial charge is 0.161 e. The highest BCUT2D eigenvalue weighted by Gasteiger charge is 2.35. The number of nitrogen functional groups attached to an aromatic ring is 1. The second-order valence-electron chi connectivity index (χ2n) is 4.35. The summed E-state index contributed by atoms with van der Waals surface area (Å²) in [5.74, 6) is 0.393. The lowest BCUT2D eigenvalue weighted by Gasteiger charge is -2.17. The zero-order valence-corrected chi connectivity index (χ0v) is 9.60. The number of aliphatic hydroxyl groups excluding tert-OH is 2. The normalized spacial score (nSPS) is 28.0. The Labute approximate surface area is 103 Å². The van der Waals surface area contributed by atoms with E-state index in [0.717, 1.165) is 5.39 Å². The first-order valence-corrected chi connectivity index (χ1v) is 5.72. The first kappa shape index (κ1) is 11.4. The Balaban J connectivity index is 2.02. The van der Waals surface area contributed by atoms with Gasteiger partial charge in [-0.3, -0.25) is 0 Å². The van der Waals surface area contributed by atoms with Crippen molar-refractivity contribution in [1.29, 1.82) is 0 Å². The van der Waals surface area contributed by atoms with Crippen LogP contribution in [0.3, 0.4) is 0 Å². The molecule has 1 fully saturated rings. The van der Waals surface area contributed by atoms with Crippen LogP contribution in [-0.4, -0.2) is 43.6 Å². The van der Waals surface area contributed by atoms with Crippen LogP contribution in [0.5, 0.6) is 0 Å². The first-order chi connectivity index (χ1) is 8.70. The molecule has 3 rings (SSSR count). The Morgan fingerprint density at radius 3 is 3.06 bits per heavy atom. The monoisotopic (exact) mass is 250 g/mol. The third-order valence-corrected chi connectivity index (χ3v) is 3.18. The van der Waals surface area contributed by atoms with Gasteiger partial charge in [0.1, 0.15) is 23.9 Å². The number of aliphatic hydroxyl groups is 2. The number of nitrogens with zero attached hydrogens (tertiary/aromatic N) is 3. The fourth-order valence-corrected chi connectivity index (χ4v) is 2.29. The van der Waals surface area contributed by atoms with Gasteiger partial charge in [-0.05, 0) is 6.07 Å². The number of fused-ring (bicyclic) bond motifs is 1. The molecule has 0 unspecified atom stereocenters. The quantitative estimate of drug-likeness (QED) is 0.673. The second kappa shape index (κ2) is 4.20. The van der Waals surface area contributed by atoms with Crippen molar-refractivity contribution < 1.29 is 14.9 Å². The molecular formula is C11H14N4O3. The molecule has 4 N–H and O–H groups in total. The van der Waals surface area contributed by atoms with Gasteiger partial charge in [0.2, 0.25) is 0 Å². The van der Waals surface area contributed by atoms with Crippen LogP contribution in [0.15, 0.2) is 18.6 Å². The van der Waals surface area contributed by atoms with Crippen molar-refractivity contribution in [1.82, 2.24) is 14.5 Å². The summed E-state index contributed by atoms with van der Waals surface area (Å²) in [5, 5.41) is 19.7. The summed E-state index contributed by atoms with van der Waals surface area (Å²) in [7, 11) is 0. The van der Waals surface area contributed by atoms with E-state index in [1.807, 2.05) is 0 Å². The summed E-state index contributed by atoms with van der Waals surface area (Å²) in [4.78, 5) is 8.06. The van der Waals surface area contributed by atoms with Crippen LogP contribution >= 0.6 is 0 Å². The Morgan fingerprint density at radius 1 is 1.50 bits per heavy atom. The van der Waals surface area contributed by atoms with Crippen LogP contribution < -0.4 is 5.73 Å². The predicted molar refractivity (Wildman–Crippen MR) is 63.6 cm³/mol. The van der Waals surface area contributed by atoms with E-state index in [2.05, 4.69) is 9.97 Å². The number of anilines is 1. The van der Waals surface area contributed by atoms with E-state index < -0.39 is 12.3 Å². The summed E-state index contributed by atoms with van der Waals surface area (Å²) < 4.78 is 7.29. The van der Waals surface area contributed by atoms with Crippen LogP contribution in [0, 0.1) is 0 Å². The molecule has 0 amide bonds. The number of hydrogen-bond donors (Lipinski definition) is 3. The van der Waals surface area contributed by atoms with Crippen molar-refractivity contribution >= 4 is 16.9 Å². The molecule has 96 valence electrons. The maximum Gasteiger partial charge on any atom is 0.161 e. The molecule has 2 aromatic rings. The van der Waals surface area contributed by atoms with Crippen molar-refractivity contribution in [3.05, 3.63) is 18.6 Å². The van der Waals surface area contributed by atoms with Crippen molar-refractivity contribution in [2.45, 2.75) is 24.9 Å². The van der Waals surface area contributed by atoms with E-state index in [0.29, 0.717) is 17.9 Å². The molecule has 0 saturated carbocycles. The third-order valence-electron chi connectivity index (χ3n) is 3.18. The molecular weight excluding hydrogens is 236 g/mol. The first-order valence-electron chi connectivity index (χ1n) is 5.72. The maximum atomic E-state index is 9.96. The Kier molecular flexibility index (Phi) is 2.66. The van der Waals surface area contributed by atoms with E-state index in [1.165, 1.54) is 6.33 Å². The fraction of sp³-hybridized carbons (Fsp3) is 0.455. The summed E-state index contributed by atoms with van der Waals surface area (Å²) >= 11 is 0. The lowest BCUT2D eigenvalue weighted by Crippen LogP contribution is -2.19. The number of hydrogen-bond acceptors (Lipinski definition) is 6. The highest BCUT2D eigenvalue weighted by molar-refractivity contribution is 5.86. The van der Waals surface area contributed by atoms with Crippen LogP contribution in [0.1, 0.15) is 12.6 Å². The molecule has 0 spiro atoms. The number of rotatable bonds is 2. The zero-order chi connectivity index (χ0) is 12.7. The summed E-state index contributed by atoms with van der Waals surface area (Å²) in [6.45, 7) is -0.107. The molecule has 2 aromatic heterocycles. The molecule has 1 saturated heterocycles. The van der Waals surface area contributed by atoms with E-state index in [1.54, 1.807) is 16.8 Å². The van der Waals surface area contributed by atoms with Crippen LogP contribution in [0.4, 0.5) is 5.82 Å². The van der Waals surface area contributed by atoms with Crippen LogP contribution in [-0.2, 0) is 4.74 Å². The van der Waals surface area contributed by atoms with Gasteiger partial charge in [0.15, 0.2) is 6.23 Å². The Hall–Kier alpha value is -1.70. The molecule has 0 radical (unpaired) electrons. The van der Waals surface area contributed by atoms with Gasteiger partial charge in [-0.15, -0.1) is 0 Å². The van der Waals surface area contributed by atoms with Gasteiger partial charge < -0.3 is 25.3 Å². The molecule has 1 aliphatic rings. The molecule has 3 heterocycles. The number of aromatic nitrogens is 3. The van der Waals surface area contributed by atoms with Gasteiger partial charge in [-0.1, -0.05) is 0 Å². The minimum absolute atomic E-state index is 0.107. The molecule has 3 atom stereocenters. The molecule has 0 aliphatic carbocycles. The topological polar surface area (TPSA) is 106 Å². The second-order valence-corrected chi connectivity index (χ2v) is 4.35. The fourth-order valence-electron chi connectivity index (χ4n) is 2.29. The van der Waals surface area contributed by atoms with Gasteiger partial charge in [0.25, 0.3) is 0 Å². The Morgan fingerprint density at radius 2 is 2.33 bits per heavy atom. The highest BCUT2D eigenvalue weighted by Crippen LogP contribution is 2.31. The highest BCUT2D eigenvalue weighted by atomic mass is 16.5. The molecule has 18 heavy (non-hydrogen) atoms. The maximum absolute atomic E-state index is 9.96. The van der Waals surface area contributed by atoms with Crippen molar-refractivity contribution in [2.24, 2.45) is 0 Å². The van der Waals surface area contributed by atoms with Gasteiger partial charge in [0.05, 0.1) is 18.1 Å². The van der Waals surface area contributed by atoms with Crippen molar-refractivity contribution in [3.63, 3.8) is 0 Å². The molecule has 0 aromatic carbocycles. The number of ether oxygens (including phenoxy) is 1. The van der Waals surface area contributed by atoms with E-state index in [-0.39, 0.29) is 12.7 Å². The van der Waals surface area contributed by atoms with E-state index in [4.69, 9.17) is 15.6 Å². The molecule has 7 heteroatoms. The van der Waals surface area contributed by atoms with Crippen molar-refractivity contribution in [2.75, 3.05) is 12.3 Å². The summed E-state index contributed by atoms with van der Waals surface area (Å²) in [6, 6.07) is 1.78. The number of nitrogens with two attached hydrogens (primary N) is 1. The molecule has 0 bridgehead atoms. The minimum atomic E-state index is -0.672. The van der Waals surface area contributed by atoms with Gasteiger partial charge >= 0.3 is 0 Å². The average Bonchev–Trinajstić information content (AvgIpc) is 2.93. The Bertz CT molecular complexity index is 570. The van der Waals surface area contributed by atoms with Gasteiger partial charge in [0, 0.05) is 12.6 Å². The summed E-state index contributed by atoms with van der Waals surface area (Å²) in [5.41, 5.74) is 6.36. The minimum Gasteiger partial charge on any atom is -0.394 e. The zero-order valence-electron chi connectivity index (χ0n) is 9.60. The lowest BCUT2D eigenvalue weighted by atomic mass is 10.2. The van der Waals surface area contributed by atoms with Crippen LogP contribution in [0.2, 0.25) is 0 Å². The van der Waals surface area contributed by atoms with Gasteiger partial charge in [-0.2, -0.15) is 0 Å². The standard InChI is InChI=1S/C11H14N4O3/c12-9-7-1-2-15(10(7)14-5-13-9)11-8(17)3-6(4-16)18-11/h1-2,5-6,8,11,16-17H,3-4H2,(H2,12,13,14)/t6-,8-,11+/m0/s1. The summed E-state index contributed by atoms with van der Waals surface area (Å²) in [6.07, 6.45) is 1.97. The lowest BCUT2D eigenvalue weighted by molar-refractivity contribution is -0.0484. The van der Waals surface area contributed by atoms with Gasteiger partial charge in [-0.25, -0.2) is 9.97 Å². The third kappa shape index (κ3) is 1.64. The van der Waals surface area contributed by atoms with E-state index >= 15 is 0 Å². The largest absolute Gasteiger partial charge is 0.394 e. The van der Waals surface area contributed by atoms with Crippen LogP contribution in [0.25, 0.3) is 11.0 Å². The average molecular weight is 250 g/mol. The SMILES string of the molecule is Nc1ncnc2c1ccn2[C@@H]1O[C@H](CO)C[C@@H]1O.